The molecule has 3 N–H and O–H groups in total. The van der Waals surface area contributed by atoms with Crippen LogP contribution in [0.2, 0.25) is 0 Å². The number of H-pyrrole nitrogens is 1. The minimum absolute atomic E-state index is 0.0225. The van der Waals surface area contributed by atoms with Gasteiger partial charge in [0, 0.05) is 0 Å². The Labute approximate surface area is 155 Å². The molecule has 3 aromatic rings. The second kappa shape index (κ2) is 8.70. The number of rotatable bonds is 7. The van der Waals surface area contributed by atoms with Gasteiger partial charge in [0.25, 0.3) is 5.91 Å². The molecular weight excluding hydrogens is 348 g/mol. The molecule has 0 atom stereocenters. The van der Waals surface area contributed by atoms with Crippen molar-refractivity contribution in [2.75, 3.05) is 13.2 Å². The molecule has 8 heteroatoms. The molecule has 27 heavy (non-hydrogen) atoms. The lowest BCUT2D eigenvalue weighted by Crippen LogP contribution is -2.44. The summed E-state index contributed by atoms with van der Waals surface area (Å²) in [5.74, 6) is 0.924. The molecular formula is C19H20N4O4. The first-order chi connectivity index (χ1) is 13.1. The van der Waals surface area contributed by atoms with Crippen molar-refractivity contribution >= 4 is 22.8 Å². The number of para-hydroxylation sites is 2. The highest BCUT2D eigenvalue weighted by Crippen LogP contribution is 2.17. The summed E-state index contributed by atoms with van der Waals surface area (Å²) in [6.45, 7) is 2.26. The Morgan fingerprint density at radius 3 is 2.33 bits per heavy atom. The zero-order chi connectivity index (χ0) is 19.1. The monoisotopic (exact) mass is 368 g/mol. The molecule has 0 spiro atoms. The molecule has 1 aromatic heterocycles. The van der Waals surface area contributed by atoms with Crippen LogP contribution in [0.15, 0.2) is 48.5 Å². The number of imidazole rings is 1. The first kappa shape index (κ1) is 18.2. The van der Waals surface area contributed by atoms with E-state index in [1.165, 1.54) is 0 Å². The van der Waals surface area contributed by atoms with E-state index in [-0.39, 0.29) is 18.9 Å². The van der Waals surface area contributed by atoms with Gasteiger partial charge < -0.3 is 14.5 Å². The van der Waals surface area contributed by atoms with Crippen molar-refractivity contribution in [1.82, 2.24) is 20.8 Å². The first-order valence-corrected chi connectivity index (χ1v) is 8.51. The first-order valence-electron chi connectivity index (χ1n) is 8.51. The van der Waals surface area contributed by atoms with E-state index in [2.05, 4.69) is 20.8 Å². The predicted octanol–water partition coefficient (Wildman–Crippen LogP) is 1.73. The van der Waals surface area contributed by atoms with E-state index in [1.807, 2.05) is 31.2 Å². The van der Waals surface area contributed by atoms with Crippen LogP contribution < -0.4 is 20.3 Å². The fourth-order valence-corrected chi connectivity index (χ4v) is 2.41. The average Bonchev–Trinajstić information content (AvgIpc) is 3.08. The van der Waals surface area contributed by atoms with E-state index in [4.69, 9.17) is 9.47 Å². The standard InChI is InChI=1S/C19H20N4O4/c1-2-26-13-7-9-14(10-8-13)27-12-19(25)23-22-18(24)11-17-20-15-5-3-4-6-16(15)21-17/h3-10H,2,11-12H2,1H3,(H,20,21)(H,22,24)(H,23,25). The lowest BCUT2D eigenvalue weighted by Gasteiger charge is -2.09. The quantitative estimate of drug-likeness (QED) is 0.551. The topological polar surface area (TPSA) is 105 Å². The van der Waals surface area contributed by atoms with E-state index < -0.39 is 5.91 Å². The number of ether oxygens (including phenoxy) is 2. The Kier molecular flexibility index (Phi) is 5.88. The second-order valence-electron chi connectivity index (χ2n) is 5.67. The summed E-state index contributed by atoms with van der Waals surface area (Å²) < 4.78 is 10.7. The summed E-state index contributed by atoms with van der Waals surface area (Å²) in [4.78, 5) is 31.1. The zero-order valence-corrected chi connectivity index (χ0v) is 14.8. The summed E-state index contributed by atoms with van der Waals surface area (Å²) in [5.41, 5.74) is 6.29. The SMILES string of the molecule is CCOc1ccc(OCC(=O)NNC(=O)Cc2nc3ccccc3[nH]2)cc1. The minimum Gasteiger partial charge on any atom is -0.494 e. The maximum Gasteiger partial charge on any atom is 0.276 e. The van der Waals surface area contributed by atoms with Crippen LogP contribution >= 0.6 is 0 Å². The molecule has 2 amide bonds. The van der Waals surface area contributed by atoms with Gasteiger partial charge in [-0.05, 0) is 43.3 Å². The number of carbonyl (C=O) groups excluding carboxylic acids is 2. The molecule has 0 aliphatic heterocycles. The number of carbonyl (C=O) groups is 2. The van der Waals surface area contributed by atoms with E-state index >= 15 is 0 Å². The highest BCUT2D eigenvalue weighted by atomic mass is 16.5. The van der Waals surface area contributed by atoms with Crippen molar-refractivity contribution in [3.8, 4) is 11.5 Å². The van der Waals surface area contributed by atoms with E-state index in [0.717, 1.165) is 16.8 Å². The summed E-state index contributed by atoms with van der Waals surface area (Å²) in [6, 6.07) is 14.4. The smallest absolute Gasteiger partial charge is 0.276 e. The van der Waals surface area contributed by atoms with Gasteiger partial charge in [-0.2, -0.15) is 0 Å². The number of hydrogen-bond acceptors (Lipinski definition) is 5. The van der Waals surface area contributed by atoms with Crippen LogP contribution in [0, 0.1) is 0 Å². The molecule has 0 aliphatic rings. The van der Waals surface area contributed by atoms with Crippen molar-refractivity contribution in [3.63, 3.8) is 0 Å². The number of aromatic amines is 1. The Morgan fingerprint density at radius 2 is 1.63 bits per heavy atom. The third-order valence-corrected chi connectivity index (χ3v) is 3.61. The number of aromatic nitrogens is 2. The van der Waals surface area contributed by atoms with Gasteiger partial charge in [0.15, 0.2) is 6.61 Å². The summed E-state index contributed by atoms with van der Waals surface area (Å²) in [6.07, 6.45) is 0.0225. The number of hydrazine groups is 1. The molecule has 0 radical (unpaired) electrons. The number of nitrogens with zero attached hydrogens (tertiary/aromatic N) is 1. The van der Waals surface area contributed by atoms with Crippen LogP contribution in [-0.2, 0) is 16.0 Å². The van der Waals surface area contributed by atoms with Crippen molar-refractivity contribution in [2.24, 2.45) is 0 Å². The average molecular weight is 368 g/mol. The minimum atomic E-state index is -0.471. The van der Waals surface area contributed by atoms with Crippen molar-refractivity contribution in [3.05, 3.63) is 54.4 Å². The summed E-state index contributed by atoms with van der Waals surface area (Å²) in [5, 5.41) is 0. The number of amides is 2. The molecule has 0 saturated carbocycles. The molecule has 1 heterocycles. The van der Waals surface area contributed by atoms with Crippen molar-refractivity contribution in [2.45, 2.75) is 13.3 Å². The second-order valence-corrected chi connectivity index (χ2v) is 5.67. The van der Waals surface area contributed by atoms with Crippen molar-refractivity contribution in [1.29, 1.82) is 0 Å². The van der Waals surface area contributed by atoms with Gasteiger partial charge in [-0.15, -0.1) is 0 Å². The molecule has 8 nitrogen and oxygen atoms in total. The van der Waals surface area contributed by atoms with Gasteiger partial charge in [-0.1, -0.05) is 12.1 Å². The van der Waals surface area contributed by atoms with Gasteiger partial charge in [0.05, 0.1) is 24.1 Å². The molecule has 2 aromatic carbocycles. The fourth-order valence-electron chi connectivity index (χ4n) is 2.41. The van der Waals surface area contributed by atoms with Gasteiger partial charge in [-0.3, -0.25) is 20.4 Å². The van der Waals surface area contributed by atoms with Crippen LogP contribution in [0.4, 0.5) is 0 Å². The van der Waals surface area contributed by atoms with Crippen LogP contribution in [-0.4, -0.2) is 35.0 Å². The fraction of sp³-hybridized carbons (Fsp3) is 0.211. The van der Waals surface area contributed by atoms with Crippen molar-refractivity contribution < 1.29 is 19.1 Å². The number of nitrogens with one attached hydrogen (secondary N) is 3. The summed E-state index contributed by atoms with van der Waals surface area (Å²) in [7, 11) is 0. The lowest BCUT2D eigenvalue weighted by atomic mass is 10.3. The van der Waals surface area contributed by atoms with E-state index in [0.29, 0.717) is 18.2 Å². The van der Waals surface area contributed by atoms with E-state index in [9.17, 15) is 9.59 Å². The number of hydrogen-bond donors (Lipinski definition) is 3. The van der Waals surface area contributed by atoms with Crippen LogP contribution in [0.3, 0.4) is 0 Å². The number of benzene rings is 2. The molecule has 0 saturated heterocycles. The highest BCUT2D eigenvalue weighted by molar-refractivity contribution is 5.84. The predicted molar refractivity (Wildman–Crippen MR) is 99.2 cm³/mol. The zero-order valence-electron chi connectivity index (χ0n) is 14.8. The molecule has 3 rings (SSSR count). The van der Waals surface area contributed by atoms with Crippen LogP contribution in [0.25, 0.3) is 11.0 Å². The Hall–Kier alpha value is -3.55. The molecule has 0 unspecified atom stereocenters. The Bertz CT molecular complexity index is 888. The normalized spacial score (nSPS) is 10.4. The maximum absolute atomic E-state index is 11.9. The third kappa shape index (κ3) is 5.21. The van der Waals surface area contributed by atoms with Gasteiger partial charge >= 0.3 is 0 Å². The number of fused-ring (bicyclic) bond motifs is 1. The largest absolute Gasteiger partial charge is 0.494 e. The van der Waals surface area contributed by atoms with Gasteiger partial charge in [0.1, 0.15) is 17.3 Å². The Balaban J connectivity index is 1.41. The maximum atomic E-state index is 11.9. The molecule has 0 fully saturated rings. The molecule has 0 bridgehead atoms. The Morgan fingerprint density at radius 1 is 0.963 bits per heavy atom. The van der Waals surface area contributed by atoms with Crippen LogP contribution in [0.1, 0.15) is 12.7 Å². The molecule has 140 valence electrons. The van der Waals surface area contributed by atoms with Gasteiger partial charge in [-0.25, -0.2) is 4.98 Å². The lowest BCUT2D eigenvalue weighted by molar-refractivity contribution is -0.129. The third-order valence-electron chi connectivity index (χ3n) is 3.61. The van der Waals surface area contributed by atoms with E-state index in [1.54, 1.807) is 24.3 Å². The van der Waals surface area contributed by atoms with Gasteiger partial charge in [0.2, 0.25) is 5.91 Å². The van der Waals surface area contributed by atoms with Crippen LogP contribution in [0.5, 0.6) is 11.5 Å². The molecule has 0 aliphatic carbocycles. The highest BCUT2D eigenvalue weighted by Gasteiger charge is 2.10. The summed E-state index contributed by atoms with van der Waals surface area (Å²) >= 11 is 0.